The standard InChI is InChI=1S/C24H21BrF3N5O2S/c1-34-20-12-15-14-33(21-8-2-3-11-35-21)31-18(15)13-19(20)29-9-4-7-17-23(36-24(26,27)28)32-10-5-6-16(25)22(32)30-17/h5-6,10,12-14,21,29H,2-3,8-9,11H2,1H3. The van der Waals surface area contributed by atoms with Gasteiger partial charge in [0.05, 0.1) is 29.3 Å². The molecule has 1 N–H and O–H groups in total. The van der Waals surface area contributed by atoms with Gasteiger partial charge in [0.1, 0.15) is 22.7 Å². The SMILES string of the molecule is COc1cc2cn(C3CCCCO3)nc2cc1NCC#Cc1nc2c(Br)cccn2c1SC(F)(F)F. The molecule has 7 nitrogen and oxygen atoms in total. The number of alkyl halides is 3. The predicted molar refractivity (Wildman–Crippen MR) is 135 cm³/mol. The van der Waals surface area contributed by atoms with Crippen LogP contribution in [0.1, 0.15) is 31.2 Å². The number of benzene rings is 1. The smallest absolute Gasteiger partial charge is 0.447 e. The monoisotopic (exact) mass is 579 g/mol. The number of hydrogen-bond acceptors (Lipinski definition) is 6. The molecule has 0 amide bonds. The van der Waals surface area contributed by atoms with Gasteiger partial charge in [-0.05, 0) is 65.4 Å². The molecule has 1 saturated heterocycles. The molecule has 4 heterocycles. The second-order valence-electron chi connectivity index (χ2n) is 8.06. The minimum Gasteiger partial charge on any atom is -0.495 e. The summed E-state index contributed by atoms with van der Waals surface area (Å²) < 4.78 is 54.7. The number of pyridine rings is 1. The van der Waals surface area contributed by atoms with E-state index in [0.717, 1.165) is 36.8 Å². The van der Waals surface area contributed by atoms with Gasteiger partial charge in [-0.25, -0.2) is 9.67 Å². The number of hydrogen-bond donors (Lipinski definition) is 1. The first-order valence-corrected chi connectivity index (χ1v) is 12.8. The van der Waals surface area contributed by atoms with Gasteiger partial charge >= 0.3 is 5.51 Å². The molecule has 1 aliphatic heterocycles. The highest BCUT2D eigenvalue weighted by atomic mass is 79.9. The van der Waals surface area contributed by atoms with Crippen LogP contribution in [0.2, 0.25) is 0 Å². The van der Waals surface area contributed by atoms with Crippen LogP contribution in [0.25, 0.3) is 16.6 Å². The fraction of sp³-hybridized carbons (Fsp3) is 0.333. The van der Waals surface area contributed by atoms with E-state index in [1.54, 1.807) is 19.2 Å². The molecule has 0 aliphatic carbocycles. The Hall–Kier alpha value is -2.88. The molecule has 0 saturated carbocycles. The zero-order chi connectivity index (χ0) is 25.3. The van der Waals surface area contributed by atoms with Crippen molar-refractivity contribution in [3.05, 3.63) is 46.8 Å². The van der Waals surface area contributed by atoms with E-state index in [1.165, 1.54) is 10.6 Å². The van der Waals surface area contributed by atoms with Gasteiger partial charge in [0.25, 0.3) is 0 Å². The first-order chi connectivity index (χ1) is 17.3. The van der Waals surface area contributed by atoms with E-state index in [4.69, 9.17) is 9.47 Å². The summed E-state index contributed by atoms with van der Waals surface area (Å²) in [5, 5.41) is 8.67. The van der Waals surface area contributed by atoms with Gasteiger partial charge < -0.3 is 14.8 Å². The van der Waals surface area contributed by atoms with Crippen molar-refractivity contribution in [3.63, 3.8) is 0 Å². The second-order valence-corrected chi connectivity index (χ2v) is 9.97. The predicted octanol–water partition coefficient (Wildman–Crippen LogP) is 6.23. The highest BCUT2D eigenvalue weighted by molar-refractivity contribution is 9.10. The number of ether oxygens (including phenoxy) is 2. The summed E-state index contributed by atoms with van der Waals surface area (Å²) in [7, 11) is 1.57. The lowest BCUT2D eigenvalue weighted by atomic mass is 10.2. The highest BCUT2D eigenvalue weighted by Crippen LogP contribution is 2.39. The average Bonchev–Trinajstić information content (AvgIpc) is 3.43. The largest absolute Gasteiger partial charge is 0.495 e. The molecule has 188 valence electrons. The third-order valence-corrected chi connectivity index (χ3v) is 7.07. The van der Waals surface area contributed by atoms with Gasteiger partial charge in [0, 0.05) is 36.1 Å². The summed E-state index contributed by atoms with van der Waals surface area (Å²) >= 11 is 3.10. The van der Waals surface area contributed by atoms with Gasteiger partial charge in [0.2, 0.25) is 0 Å². The molecular weight excluding hydrogens is 559 g/mol. The molecule has 36 heavy (non-hydrogen) atoms. The summed E-state index contributed by atoms with van der Waals surface area (Å²) in [6, 6.07) is 7.10. The van der Waals surface area contributed by atoms with Gasteiger partial charge in [-0.1, -0.05) is 5.92 Å². The molecule has 5 rings (SSSR count). The third-order valence-electron chi connectivity index (χ3n) is 5.64. The maximum Gasteiger partial charge on any atom is 0.447 e. The molecule has 1 aromatic carbocycles. The van der Waals surface area contributed by atoms with Crippen LogP contribution in [0.5, 0.6) is 5.75 Å². The number of nitrogens with zero attached hydrogens (tertiary/aromatic N) is 4. The van der Waals surface area contributed by atoms with Crippen molar-refractivity contribution < 1.29 is 22.6 Å². The number of rotatable bonds is 5. The van der Waals surface area contributed by atoms with Gasteiger partial charge in [-0.3, -0.25) is 4.40 Å². The van der Waals surface area contributed by atoms with E-state index < -0.39 is 5.51 Å². The lowest BCUT2D eigenvalue weighted by molar-refractivity contribution is -0.0390. The van der Waals surface area contributed by atoms with Crippen molar-refractivity contribution in [2.24, 2.45) is 0 Å². The normalized spacial score (nSPS) is 16.2. The van der Waals surface area contributed by atoms with Crippen LogP contribution >= 0.6 is 27.7 Å². The van der Waals surface area contributed by atoms with Crippen molar-refractivity contribution in [3.8, 4) is 17.6 Å². The Labute approximate surface area is 217 Å². The molecule has 0 radical (unpaired) electrons. The van der Waals surface area contributed by atoms with Crippen molar-refractivity contribution >= 4 is 49.9 Å². The van der Waals surface area contributed by atoms with E-state index in [0.29, 0.717) is 21.6 Å². The molecule has 0 spiro atoms. The van der Waals surface area contributed by atoms with Crippen LogP contribution in [0.15, 0.2) is 46.2 Å². The molecule has 1 aliphatic rings. The Balaban J connectivity index is 1.38. The van der Waals surface area contributed by atoms with E-state index in [1.807, 2.05) is 23.0 Å². The Morgan fingerprint density at radius 2 is 2.19 bits per heavy atom. The van der Waals surface area contributed by atoms with Crippen LogP contribution < -0.4 is 10.1 Å². The second kappa shape index (κ2) is 10.2. The number of imidazole rings is 1. The zero-order valence-electron chi connectivity index (χ0n) is 19.1. The van der Waals surface area contributed by atoms with Gasteiger partial charge in [-0.15, -0.1) is 0 Å². The molecule has 12 heteroatoms. The van der Waals surface area contributed by atoms with E-state index in [9.17, 15) is 13.2 Å². The molecular formula is C24H21BrF3N5O2S. The zero-order valence-corrected chi connectivity index (χ0v) is 21.5. The number of nitrogens with one attached hydrogen (secondary N) is 1. The topological polar surface area (TPSA) is 65.6 Å². The van der Waals surface area contributed by atoms with Crippen LogP contribution in [-0.4, -0.2) is 44.9 Å². The summed E-state index contributed by atoms with van der Waals surface area (Å²) in [6.07, 6.45) is 6.47. The Morgan fingerprint density at radius 3 is 2.94 bits per heavy atom. The molecule has 3 aromatic heterocycles. The lowest BCUT2D eigenvalue weighted by Gasteiger charge is -2.22. The minimum atomic E-state index is -4.47. The maximum atomic E-state index is 13.2. The van der Waals surface area contributed by atoms with Crippen LogP contribution in [0.3, 0.4) is 0 Å². The third kappa shape index (κ3) is 5.28. The average molecular weight is 580 g/mol. The van der Waals surface area contributed by atoms with Crippen molar-refractivity contribution in [2.75, 3.05) is 25.6 Å². The first-order valence-electron chi connectivity index (χ1n) is 11.2. The van der Waals surface area contributed by atoms with Crippen LogP contribution in [0.4, 0.5) is 18.9 Å². The number of methoxy groups -OCH3 is 1. The molecule has 1 unspecified atom stereocenters. The minimum absolute atomic E-state index is 0.0552. The number of anilines is 1. The van der Waals surface area contributed by atoms with E-state index >= 15 is 0 Å². The maximum absolute atomic E-state index is 13.2. The van der Waals surface area contributed by atoms with Gasteiger partial charge in [-0.2, -0.15) is 18.3 Å². The summed E-state index contributed by atoms with van der Waals surface area (Å²) in [5.41, 5.74) is -2.60. The quantitative estimate of drug-likeness (QED) is 0.223. The van der Waals surface area contributed by atoms with Crippen molar-refractivity contribution in [1.29, 1.82) is 0 Å². The molecule has 1 atom stereocenters. The summed E-state index contributed by atoms with van der Waals surface area (Å²) in [5.74, 6) is 6.27. The number of halogens is 4. The molecule has 4 aromatic rings. The Morgan fingerprint density at radius 1 is 1.33 bits per heavy atom. The number of fused-ring (bicyclic) bond motifs is 2. The molecule has 0 bridgehead atoms. The Kier molecular flexibility index (Phi) is 7.05. The van der Waals surface area contributed by atoms with Crippen LogP contribution in [0, 0.1) is 11.8 Å². The fourth-order valence-corrected chi connectivity index (χ4v) is 5.12. The lowest BCUT2D eigenvalue weighted by Crippen LogP contribution is -2.18. The summed E-state index contributed by atoms with van der Waals surface area (Å²) in [6.45, 7) is 0.890. The van der Waals surface area contributed by atoms with Crippen molar-refractivity contribution in [2.45, 2.75) is 36.0 Å². The van der Waals surface area contributed by atoms with Crippen LogP contribution in [-0.2, 0) is 4.74 Å². The van der Waals surface area contributed by atoms with E-state index in [2.05, 4.69) is 43.2 Å². The Bertz CT molecular complexity index is 1470. The first kappa shape index (κ1) is 24.8. The van der Waals surface area contributed by atoms with Crippen molar-refractivity contribution in [1.82, 2.24) is 19.2 Å². The fourth-order valence-electron chi connectivity index (χ4n) is 4.03. The number of aromatic nitrogens is 4. The highest BCUT2D eigenvalue weighted by Gasteiger charge is 2.33. The summed E-state index contributed by atoms with van der Waals surface area (Å²) in [4.78, 5) is 4.31. The van der Waals surface area contributed by atoms with Gasteiger partial charge in [0.15, 0.2) is 5.65 Å². The van der Waals surface area contributed by atoms with E-state index in [-0.39, 0.29) is 35.3 Å². The molecule has 1 fully saturated rings. The number of thioether (sulfide) groups is 1.